The molecule has 0 spiro atoms. The zero-order chi connectivity index (χ0) is 12.7. The van der Waals surface area contributed by atoms with Crippen molar-refractivity contribution in [3.63, 3.8) is 0 Å². The van der Waals surface area contributed by atoms with Gasteiger partial charge >= 0.3 is 5.97 Å². The molecule has 2 atom stereocenters. The number of carboxylic acid groups (broad SMARTS) is 1. The zero-order valence-corrected chi connectivity index (χ0v) is 10.4. The summed E-state index contributed by atoms with van der Waals surface area (Å²) in [5, 5.41) is 10.0. The minimum Gasteiger partial charge on any atom is -0.481 e. The number of aromatic nitrogens is 1. The summed E-state index contributed by atoms with van der Waals surface area (Å²) in [6, 6.07) is 4.52. The molecule has 18 heavy (non-hydrogen) atoms. The van der Waals surface area contributed by atoms with Crippen LogP contribution in [0.4, 0.5) is 4.39 Å². The van der Waals surface area contributed by atoms with Crippen LogP contribution in [0.5, 0.6) is 0 Å². The maximum absolute atomic E-state index is 13.1. The minimum absolute atomic E-state index is 0.0111. The van der Waals surface area contributed by atoms with Gasteiger partial charge in [0, 0.05) is 12.0 Å². The van der Waals surface area contributed by atoms with Crippen LogP contribution in [0.2, 0.25) is 0 Å². The number of thiazole rings is 1. The van der Waals surface area contributed by atoms with Crippen LogP contribution in [0.1, 0.15) is 30.2 Å². The summed E-state index contributed by atoms with van der Waals surface area (Å²) in [6.07, 6.45) is 2.50. The molecule has 0 saturated heterocycles. The number of fused-ring (bicyclic) bond motifs is 1. The summed E-state index contributed by atoms with van der Waals surface area (Å²) in [5.74, 6) is -1.40. The highest BCUT2D eigenvalue weighted by Crippen LogP contribution is 2.42. The number of benzene rings is 1. The van der Waals surface area contributed by atoms with E-state index < -0.39 is 5.97 Å². The van der Waals surface area contributed by atoms with Crippen molar-refractivity contribution < 1.29 is 14.3 Å². The number of halogens is 1. The second-order valence-electron chi connectivity index (χ2n) is 4.65. The van der Waals surface area contributed by atoms with Crippen LogP contribution >= 0.6 is 11.3 Å². The van der Waals surface area contributed by atoms with E-state index in [1.165, 1.54) is 23.5 Å². The SMILES string of the molecule is O=C(O)C1CCCC1c1nc2cc(F)ccc2s1. The van der Waals surface area contributed by atoms with Crippen molar-refractivity contribution in [3.05, 3.63) is 29.0 Å². The molecule has 1 aromatic heterocycles. The molecule has 1 N–H and O–H groups in total. The first kappa shape index (κ1) is 11.6. The molecule has 0 amide bonds. The maximum atomic E-state index is 13.1. The number of hydrogen-bond acceptors (Lipinski definition) is 3. The van der Waals surface area contributed by atoms with Crippen LogP contribution in [0.15, 0.2) is 18.2 Å². The Kier molecular flexibility index (Phi) is 2.78. The average Bonchev–Trinajstić information content (AvgIpc) is 2.93. The Hall–Kier alpha value is -1.49. The molecule has 5 heteroatoms. The van der Waals surface area contributed by atoms with E-state index in [0.29, 0.717) is 11.9 Å². The Balaban J connectivity index is 2.01. The largest absolute Gasteiger partial charge is 0.481 e. The summed E-state index contributed by atoms with van der Waals surface area (Å²) in [7, 11) is 0. The third kappa shape index (κ3) is 1.88. The normalized spacial score (nSPS) is 23.6. The van der Waals surface area contributed by atoms with Crippen LogP contribution in [-0.2, 0) is 4.79 Å². The zero-order valence-electron chi connectivity index (χ0n) is 9.60. The van der Waals surface area contributed by atoms with Crippen LogP contribution in [0.3, 0.4) is 0 Å². The molecule has 0 bridgehead atoms. The number of carbonyl (C=O) groups is 1. The molecule has 94 valence electrons. The van der Waals surface area contributed by atoms with Gasteiger partial charge in [-0.25, -0.2) is 9.37 Å². The van der Waals surface area contributed by atoms with E-state index in [1.807, 2.05) is 0 Å². The van der Waals surface area contributed by atoms with Gasteiger partial charge in [-0.3, -0.25) is 4.79 Å². The van der Waals surface area contributed by atoms with Gasteiger partial charge in [0.2, 0.25) is 0 Å². The predicted molar refractivity (Wildman–Crippen MR) is 67.3 cm³/mol. The molecule has 1 aliphatic carbocycles. The van der Waals surface area contributed by atoms with Crippen molar-refractivity contribution in [1.29, 1.82) is 0 Å². The van der Waals surface area contributed by atoms with Crippen LogP contribution < -0.4 is 0 Å². The third-order valence-corrected chi connectivity index (χ3v) is 4.68. The van der Waals surface area contributed by atoms with Crippen molar-refractivity contribution in [3.8, 4) is 0 Å². The van der Waals surface area contributed by atoms with Gasteiger partial charge in [-0.2, -0.15) is 0 Å². The Morgan fingerprint density at radius 2 is 2.28 bits per heavy atom. The van der Waals surface area contributed by atoms with Gasteiger partial charge in [-0.05, 0) is 25.0 Å². The second kappa shape index (κ2) is 4.31. The molecule has 2 aromatic rings. The third-order valence-electron chi connectivity index (χ3n) is 3.52. The highest BCUT2D eigenvalue weighted by molar-refractivity contribution is 7.18. The number of nitrogens with zero attached hydrogens (tertiary/aromatic N) is 1. The van der Waals surface area contributed by atoms with Gasteiger partial charge in [0.15, 0.2) is 0 Å². The van der Waals surface area contributed by atoms with E-state index in [0.717, 1.165) is 22.5 Å². The Bertz CT molecular complexity index is 610. The Morgan fingerprint density at radius 3 is 3.06 bits per heavy atom. The summed E-state index contributed by atoms with van der Waals surface area (Å²) < 4.78 is 14.0. The molecular formula is C13H12FNO2S. The molecule has 2 unspecified atom stereocenters. The minimum atomic E-state index is -0.747. The molecule has 0 aliphatic heterocycles. The van der Waals surface area contributed by atoms with Crippen molar-refractivity contribution in [1.82, 2.24) is 4.98 Å². The standard InChI is InChI=1S/C13H12FNO2S/c14-7-4-5-11-10(6-7)15-12(18-11)8-2-1-3-9(8)13(16)17/h4-6,8-9H,1-3H2,(H,16,17). The molecule has 1 heterocycles. The fraction of sp³-hybridized carbons (Fsp3) is 0.385. The Labute approximate surface area is 107 Å². The van der Waals surface area contributed by atoms with Gasteiger partial charge in [0.05, 0.1) is 21.1 Å². The Morgan fingerprint density at radius 1 is 1.44 bits per heavy atom. The van der Waals surface area contributed by atoms with Crippen molar-refractivity contribution in [2.24, 2.45) is 5.92 Å². The molecular weight excluding hydrogens is 253 g/mol. The number of rotatable bonds is 2. The first-order valence-electron chi connectivity index (χ1n) is 5.94. The number of hydrogen-bond donors (Lipinski definition) is 1. The van der Waals surface area contributed by atoms with E-state index >= 15 is 0 Å². The van der Waals surface area contributed by atoms with Gasteiger partial charge in [-0.15, -0.1) is 11.3 Å². The van der Waals surface area contributed by atoms with E-state index in [-0.39, 0.29) is 17.7 Å². The lowest BCUT2D eigenvalue weighted by atomic mass is 9.97. The molecule has 0 radical (unpaired) electrons. The quantitative estimate of drug-likeness (QED) is 0.905. The first-order chi connectivity index (χ1) is 8.65. The van der Waals surface area contributed by atoms with Crippen molar-refractivity contribution >= 4 is 27.5 Å². The van der Waals surface area contributed by atoms with E-state index in [9.17, 15) is 14.3 Å². The van der Waals surface area contributed by atoms with Crippen LogP contribution in [0, 0.1) is 11.7 Å². The lowest BCUT2D eigenvalue weighted by Crippen LogP contribution is -2.16. The molecule has 1 aliphatic rings. The maximum Gasteiger partial charge on any atom is 0.307 e. The summed E-state index contributed by atoms with van der Waals surface area (Å²) in [5.41, 5.74) is 0.631. The van der Waals surface area contributed by atoms with E-state index in [2.05, 4.69) is 4.98 Å². The molecule has 3 nitrogen and oxygen atoms in total. The van der Waals surface area contributed by atoms with Gasteiger partial charge in [-0.1, -0.05) is 6.42 Å². The van der Waals surface area contributed by atoms with Gasteiger partial charge in [0.25, 0.3) is 0 Å². The summed E-state index contributed by atoms with van der Waals surface area (Å²) in [4.78, 5) is 15.6. The fourth-order valence-electron chi connectivity index (χ4n) is 2.63. The molecule has 1 saturated carbocycles. The van der Waals surface area contributed by atoms with Crippen LogP contribution in [0.25, 0.3) is 10.2 Å². The predicted octanol–water partition coefficient (Wildman–Crippen LogP) is 3.40. The molecule has 3 rings (SSSR count). The lowest BCUT2D eigenvalue weighted by Gasteiger charge is -2.11. The van der Waals surface area contributed by atoms with Gasteiger partial charge in [0.1, 0.15) is 5.82 Å². The van der Waals surface area contributed by atoms with Crippen molar-refractivity contribution in [2.75, 3.05) is 0 Å². The number of aliphatic carboxylic acids is 1. The molecule has 1 fully saturated rings. The lowest BCUT2D eigenvalue weighted by molar-refractivity contribution is -0.142. The number of carboxylic acids is 1. The van der Waals surface area contributed by atoms with E-state index in [4.69, 9.17) is 0 Å². The van der Waals surface area contributed by atoms with Crippen molar-refractivity contribution in [2.45, 2.75) is 25.2 Å². The first-order valence-corrected chi connectivity index (χ1v) is 6.75. The highest BCUT2D eigenvalue weighted by Gasteiger charge is 2.35. The second-order valence-corrected chi connectivity index (χ2v) is 5.71. The van der Waals surface area contributed by atoms with Gasteiger partial charge < -0.3 is 5.11 Å². The molecule has 1 aromatic carbocycles. The summed E-state index contributed by atoms with van der Waals surface area (Å²) >= 11 is 1.48. The average molecular weight is 265 g/mol. The smallest absolute Gasteiger partial charge is 0.307 e. The van der Waals surface area contributed by atoms with Crippen LogP contribution in [-0.4, -0.2) is 16.1 Å². The summed E-state index contributed by atoms with van der Waals surface area (Å²) in [6.45, 7) is 0. The van der Waals surface area contributed by atoms with E-state index in [1.54, 1.807) is 6.07 Å². The monoisotopic (exact) mass is 265 g/mol. The highest BCUT2D eigenvalue weighted by atomic mass is 32.1. The topological polar surface area (TPSA) is 50.2 Å². The fourth-order valence-corrected chi connectivity index (χ4v) is 3.78.